The number of hydrogen-bond acceptors (Lipinski definition) is 6. The zero-order valence-electron chi connectivity index (χ0n) is 13.8. The van der Waals surface area contributed by atoms with E-state index in [0.29, 0.717) is 12.3 Å². The van der Waals surface area contributed by atoms with Gasteiger partial charge in [0.2, 0.25) is 5.91 Å². The molecule has 0 radical (unpaired) electrons. The van der Waals surface area contributed by atoms with Gasteiger partial charge in [0, 0.05) is 19.0 Å². The summed E-state index contributed by atoms with van der Waals surface area (Å²) in [7, 11) is 0. The van der Waals surface area contributed by atoms with Gasteiger partial charge < -0.3 is 19.9 Å². The lowest BCUT2D eigenvalue weighted by Crippen LogP contribution is -2.25. The number of rotatable bonds is 8. The van der Waals surface area contributed by atoms with E-state index in [1.54, 1.807) is 6.92 Å². The first-order chi connectivity index (χ1) is 12.0. The van der Waals surface area contributed by atoms with Gasteiger partial charge in [0.25, 0.3) is 5.91 Å². The number of benzene rings is 1. The van der Waals surface area contributed by atoms with Gasteiger partial charge in [-0.1, -0.05) is 35.5 Å². The van der Waals surface area contributed by atoms with E-state index in [-0.39, 0.29) is 24.6 Å². The van der Waals surface area contributed by atoms with Crippen molar-refractivity contribution in [3.05, 3.63) is 47.7 Å². The number of esters is 1. The van der Waals surface area contributed by atoms with Crippen molar-refractivity contribution in [2.24, 2.45) is 0 Å². The second-order valence-corrected chi connectivity index (χ2v) is 5.29. The number of carbonyl (C=O) groups excluding carboxylic acids is 3. The molecule has 0 unspecified atom stereocenters. The van der Waals surface area contributed by atoms with Crippen molar-refractivity contribution < 1.29 is 23.6 Å². The maximum Gasteiger partial charge on any atom is 0.306 e. The minimum Gasteiger partial charge on any atom is -0.456 e. The van der Waals surface area contributed by atoms with Gasteiger partial charge in [-0.05, 0) is 12.5 Å². The van der Waals surface area contributed by atoms with Crippen LogP contribution in [0.25, 0.3) is 0 Å². The number of hydrogen-bond donors (Lipinski definition) is 2. The van der Waals surface area contributed by atoms with Crippen molar-refractivity contribution in [1.29, 1.82) is 0 Å². The third kappa shape index (κ3) is 6.86. The average molecular weight is 345 g/mol. The first-order valence-electron chi connectivity index (χ1n) is 7.72. The molecule has 132 valence electrons. The standard InChI is InChI=1S/C17H19N3O5/c1-12-9-14(20-25-12)19-16(22)11-24-17(23)8-7-15(21)18-10-13-5-3-2-4-6-13/h2-6,9H,7-8,10-11H2,1H3,(H,18,21)(H,19,20,22). The molecule has 0 atom stereocenters. The Hall–Kier alpha value is -3.16. The molecule has 2 amide bonds. The van der Waals surface area contributed by atoms with Crippen LogP contribution in [0.5, 0.6) is 0 Å². The van der Waals surface area contributed by atoms with Crippen LogP contribution in [-0.4, -0.2) is 29.5 Å². The van der Waals surface area contributed by atoms with E-state index in [4.69, 9.17) is 9.26 Å². The fourth-order valence-electron chi connectivity index (χ4n) is 1.92. The van der Waals surface area contributed by atoms with E-state index < -0.39 is 18.5 Å². The third-order valence-corrected chi connectivity index (χ3v) is 3.15. The predicted molar refractivity (Wildman–Crippen MR) is 88.4 cm³/mol. The molecule has 0 aliphatic rings. The molecule has 0 saturated heterocycles. The fourth-order valence-corrected chi connectivity index (χ4v) is 1.92. The highest BCUT2D eigenvalue weighted by Crippen LogP contribution is 2.06. The zero-order chi connectivity index (χ0) is 18.1. The highest BCUT2D eigenvalue weighted by Gasteiger charge is 2.11. The third-order valence-electron chi connectivity index (χ3n) is 3.15. The quantitative estimate of drug-likeness (QED) is 0.703. The molecular formula is C17H19N3O5. The SMILES string of the molecule is Cc1cc(NC(=O)COC(=O)CCC(=O)NCc2ccccc2)no1. The number of nitrogens with one attached hydrogen (secondary N) is 2. The molecule has 0 saturated carbocycles. The van der Waals surface area contributed by atoms with E-state index in [1.807, 2.05) is 30.3 Å². The normalized spacial score (nSPS) is 10.1. The molecular weight excluding hydrogens is 326 g/mol. The van der Waals surface area contributed by atoms with E-state index in [0.717, 1.165) is 5.56 Å². The van der Waals surface area contributed by atoms with Gasteiger partial charge in [0.15, 0.2) is 12.4 Å². The molecule has 0 bridgehead atoms. The van der Waals surface area contributed by atoms with Gasteiger partial charge in [-0.2, -0.15) is 0 Å². The molecule has 0 aliphatic carbocycles. The van der Waals surface area contributed by atoms with E-state index in [2.05, 4.69) is 15.8 Å². The summed E-state index contributed by atoms with van der Waals surface area (Å²) in [5.74, 6) is -0.618. The van der Waals surface area contributed by atoms with Gasteiger partial charge in [-0.25, -0.2) is 0 Å². The number of anilines is 1. The number of ether oxygens (including phenoxy) is 1. The first-order valence-corrected chi connectivity index (χ1v) is 7.72. The molecule has 0 aliphatic heterocycles. The van der Waals surface area contributed by atoms with Crippen molar-refractivity contribution in [3.8, 4) is 0 Å². The Morgan fingerprint density at radius 3 is 2.56 bits per heavy atom. The Labute approximate surface area is 144 Å². The maximum atomic E-state index is 11.7. The average Bonchev–Trinajstić information content (AvgIpc) is 3.02. The molecule has 25 heavy (non-hydrogen) atoms. The van der Waals surface area contributed by atoms with Crippen LogP contribution in [0, 0.1) is 6.92 Å². The molecule has 0 spiro atoms. The summed E-state index contributed by atoms with van der Waals surface area (Å²) in [4.78, 5) is 34.8. The van der Waals surface area contributed by atoms with Gasteiger partial charge in [0.05, 0.1) is 6.42 Å². The van der Waals surface area contributed by atoms with Gasteiger partial charge in [-0.3, -0.25) is 14.4 Å². The zero-order valence-corrected chi connectivity index (χ0v) is 13.8. The molecule has 1 aromatic heterocycles. The van der Waals surface area contributed by atoms with E-state index in [1.165, 1.54) is 6.07 Å². The molecule has 1 aromatic carbocycles. The largest absolute Gasteiger partial charge is 0.456 e. The lowest BCUT2D eigenvalue weighted by molar-refractivity contribution is -0.148. The van der Waals surface area contributed by atoms with Crippen LogP contribution in [0.4, 0.5) is 5.82 Å². The summed E-state index contributed by atoms with van der Waals surface area (Å²) in [6.07, 6.45) is -0.104. The summed E-state index contributed by atoms with van der Waals surface area (Å²) in [6.45, 7) is 1.64. The van der Waals surface area contributed by atoms with Gasteiger partial charge in [0.1, 0.15) is 5.76 Å². The fraction of sp³-hybridized carbons (Fsp3) is 0.294. The van der Waals surface area contributed by atoms with Crippen molar-refractivity contribution in [1.82, 2.24) is 10.5 Å². The second kappa shape index (κ2) is 9.21. The Balaban J connectivity index is 1.60. The predicted octanol–water partition coefficient (Wildman–Crippen LogP) is 1.56. The summed E-state index contributed by atoms with van der Waals surface area (Å²) >= 11 is 0. The van der Waals surface area contributed by atoms with Crippen LogP contribution in [-0.2, 0) is 25.7 Å². The van der Waals surface area contributed by atoms with Crippen molar-refractivity contribution >= 4 is 23.6 Å². The summed E-state index contributed by atoms with van der Waals surface area (Å²) in [5.41, 5.74) is 0.971. The smallest absolute Gasteiger partial charge is 0.306 e. The minimum absolute atomic E-state index is 0.00420. The Bertz CT molecular complexity index is 727. The van der Waals surface area contributed by atoms with E-state index in [9.17, 15) is 14.4 Å². The van der Waals surface area contributed by atoms with Crippen LogP contribution in [0.3, 0.4) is 0 Å². The van der Waals surface area contributed by atoms with Crippen LogP contribution in [0.1, 0.15) is 24.2 Å². The summed E-state index contributed by atoms with van der Waals surface area (Å²) < 4.78 is 9.60. The number of carbonyl (C=O) groups is 3. The molecule has 0 fully saturated rings. The maximum absolute atomic E-state index is 11.7. The van der Waals surface area contributed by atoms with Crippen LogP contribution < -0.4 is 10.6 Å². The van der Waals surface area contributed by atoms with E-state index >= 15 is 0 Å². The number of aryl methyl sites for hydroxylation is 1. The number of aromatic nitrogens is 1. The van der Waals surface area contributed by atoms with Crippen molar-refractivity contribution in [2.75, 3.05) is 11.9 Å². The molecule has 2 rings (SSSR count). The summed E-state index contributed by atoms with van der Waals surface area (Å²) in [5, 5.41) is 8.72. The highest BCUT2D eigenvalue weighted by atomic mass is 16.5. The molecule has 2 N–H and O–H groups in total. The van der Waals surface area contributed by atoms with Gasteiger partial charge >= 0.3 is 5.97 Å². The first kappa shape index (κ1) is 18.2. The Morgan fingerprint density at radius 2 is 1.88 bits per heavy atom. The topological polar surface area (TPSA) is 111 Å². The molecule has 1 heterocycles. The second-order valence-electron chi connectivity index (χ2n) is 5.29. The Kier molecular flexibility index (Phi) is 6.70. The highest BCUT2D eigenvalue weighted by molar-refractivity contribution is 5.92. The van der Waals surface area contributed by atoms with Crippen molar-refractivity contribution in [2.45, 2.75) is 26.3 Å². The van der Waals surface area contributed by atoms with Crippen molar-refractivity contribution in [3.63, 3.8) is 0 Å². The van der Waals surface area contributed by atoms with Crippen LogP contribution in [0.2, 0.25) is 0 Å². The lowest BCUT2D eigenvalue weighted by Gasteiger charge is -2.06. The summed E-state index contributed by atoms with van der Waals surface area (Å²) in [6, 6.07) is 11.0. The van der Waals surface area contributed by atoms with Crippen LogP contribution in [0.15, 0.2) is 40.9 Å². The minimum atomic E-state index is -0.624. The van der Waals surface area contributed by atoms with Gasteiger partial charge in [-0.15, -0.1) is 0 Å². The molecule has 8 nitrogen and oxygen atoms in total. The lowest BCUT2D eigenvalue weighted by atomic mass is 10.2. The van der Waals surface area contributed by atoms with Crippen LogP contribution >= 0.6 is 0 Å². The molecule has 8 heteroatoms. The molecule has 2 aromatic rings. The Morgan fingerprint density at radius 1 is 1.12 bits per heavy atom. The monoisotopic (exact) mass is 345 g/mol. The number of nitrogens with zero attached hydrogens (tertiary/aromatic N) is 1. The number of amides is 2.